The summed E-state index contributed by atoms with van der Waals surface area (Å²) in [6.45, 7) is 4.47. The highest BCUT2D eigenvalue weighted by Gasteiger charge is 2.22. The fraction of sp³-hybridized carbons (Fsp3) is 0.576. The molecule has 0 heterocycles. The average Bonchev–Trinajstić information content (AvgIpc) is 2.88. The van der Waals surface area contributed by atoms with E-state index in [1.54, 1.807) is 5.56 Å². The van der Waals surface area contributed by atoms with Crippen molar-refractivity contribution in [2.45, 2.75) is 110 Å². The number of rotatable bonds is 14. The zero-order valence-corrected chi connectivity index (χ0v) is 22.2. The van der Waals surface area contributed by atoms with E-state index in [1.165, 1.54) is 87.3 Å². The molecular formula is C33H48O. The zero-order valence-electron chi connectivity index (χ0n) is 22.2. The van der Waals surface area contributed by atoms with Crippen LogP contribution < -0.4 is 4.74 Å². The second-order valence-electron chi connectivity index (χ2n) is 10.4. The normalized spacial score (nSPS) is 18.4. The van der Waals surface area contributed by atoms with Crippen molar-refractivity contribution < 1.29 is 4.74 Å². The maximum absolute atomic E-state index is 5.65. The molecular weight excluding hydrogens is 412 g/mol. The van der Waals surface area contributed by atoms with Crippen molar-refractivity contribution >= 4 is 0 Å². The summed E-state index contributed by atoms with van der Waals surface area (Å²) in [7, 11) is 1.81. The quantitative estimate of drug-likeness (QED) is 0.201. The van der Waals surface area contributed by atoms with Crippen molar-refractivity contribution in [3.05, 3.63) is 76.9 Å². The molecule has 1 aliphatic rings. The van der Waals surface area contributed by atoms with Crippen LogP contribution in [0.25, 0.3) is 0 Å². The first-order valence-electron chi connectivity index (χ1n) is 14.1. The summed E-state index contributed by atoms with van der Waals surface area (Å²) in [4.78, 5) is 0. The summed E-state index contributed by atoms with van der Waals surface area (Å²) in [5.74, 6) is 2.76. The van der Waals surface area contributed by atoms with Gasteiger partial charge in [0.25, 0.3) is 0 Å². The van der Waals surface area contributed by atoms with Gasteiger partial charge in [0.1, 0.15) is 5.75 Å². The van der Waals surface area contributed by atoms with Gasteiger partial charge in [0.15, 0.2) is 0 Å². The van der Waals surface area contributed by atoms with Gasteiger partial charge in [-0.2, -0.15) is 0 Å². The van der Waals surface area contributed by atoms with Gasteiger partial charge < -0.3 is 4.74 Å². The number of ether oxygens (including phenoxy) is 1. The molecule has 1 nitrogen and oxygen atoms in total. The third kappa shape index (κ3) is 8.64. The predicted octanol–water partition coefficient (Wildman–Crippen LogP) is 9.62. The summed E-state index contributed by atoms with van der Waals surface area (Å²) in [6.07, 6.45) is 22.6. The van der Waals surface area contributed by atoms with E-state index in [9.17, 15) is 0 Å². The van der Waals surface area contributed by atoms with Crippen LogP contribution in [0, 0.1) is 5.92 Å². The van der Waals surface area contributed by atoms with Gasteiger partial charge in [-0.15, -0.1) is 0 Å². The Morgan fingerprint density at radius 2 is 1.53 bits per heavy atom. The summed E-state index contributed by atoms with van der Waals surface area (Å²) >= 11 is 0. The Balaban J connectivity index is 1.37. The molecule has 0 spiro atoms. The highest BCUT2D eigenvalue weighted by atomic mass is 16.5. The van der Waals surface area contributed by atoms with Gasteiger partial charge >= 0.3 is 0 Å². The van der Waals surface area contributed by atoms with Gasteiger partial charge in [0, 0.05) is 0 Å². The molecule has 0 atom stereocenters. The van der Waals surface area contributed by atoms with E-state index >= 15 is 0 Å². The standard InChI is InChI=1S/C33H48O/c1-4-6-8-12-27-16-18-28(19-17-27)13-10-11-14-29-20-22-30(23-21-29)31-24-25-33(34-3)32(26-31)15-9-7-5-2/h6,8,16-19,24-26,29-30H,4-5,7,9-15,20-23H2,1-3H3/b8-6+. The van der Waals surface area contributed by atoms with Crippen LogP contribution in [0.15, 0.2) is 54.6 Å². The van der Waals surface area contributed by atoms with Crippen LogP contribution in [-0.2, 0) is 19.3 Å². The van der Waals surface area contributed by atoms with Crippen molar-refractivity contribution in [3.63, 3.8) is 0 Å². The average molecular weight is 461 g/mol. The fourth-order valence-electron chi connectivity index (χ4n) is 5.59. The lowest BCUT2D eigenvalue weighted by Gasteiger charge is -2.29. The smallest absolute Gasteiger partial charge is 0.122 e. The molecule has 1 saturated carbocycles. The molecule has 0 N–H and O–H groups in total. The van der Waals surface area contributed by atoms with E-state index in [4.69, 9.17) is 4.74 Å². The number of unbranched alkanes of at least 4 members (excludes halogenated alkanes) is 3. The minimum atomic E-state index is 0.748. The van der Waals surface area contributed by atoms with Crippen LogP contribution in [0.5, 0.6) is 5.75 Å². The fourth-order valence-corrected chi connectivity index (χ4v) is 5.59. The van der Waals surface area contributed by atoms with Gasteiger partial charge in [-0.25, -0.2) is 0 Å². The number of aryl methyl sites for hydroxylation is 2. The lowest BCUT2D eigenvalue weighted by atomic mass is 9.76. The molecule has 0 unspecified atom stereocenters. The van der Waals surface area contributed by atoms with Crippen LogP contribution in [0.2, 0.25) is 0 Å². The van der Waals surface area contributed by atoms with Gasteiger partial charge in [0.05, 0.1) is 7.11 Å². The van der Waals surface area contributed by atoms with Crippen LogP contribution in [-0.4, -0.2) is 7.11 Å². The van der Waals surface area contributed by atoms with Crippen LogP contribution in [0.1, 0.15) is 113 Å². The Morgan fingerprint density at radius 1 is 0.794 bits per heavy atom. The molecule has 34 heavy (non-hydrogen) atoms. The van der Waals surface area contributed by atoms with Crippen molar-refractivity contribution in [1.82, 2.24) is 0 Å². The third-order valence-corrected chi connectivity index (χ3v) is 7.78. The van der Waals surface area contributed by atoms with Gasteiger partial charge in [-0.05, 0) is 104 Å². The molecule has 2 aromatic rings. The van der Waals surface area contributed by atoms with Crippen molar-refractivity contribution in [2.75, 3.05) is 7.11 Å². The summed E-state index contributed by atoms with van der Waals surface area (Å²) in [6, 6.07) is 16.3. The third-order valence-electron chi connectivity index (χ3n) is 7.78. The Hall–Kier alpha value is -2.02. The molecule has 2 aromatic carbocycles. The van der Waals surface area contributed by atoms with E-state index in [1.807, 2.05) is 7.11 Å². The second-order valence-corrected chi connectivity index (χ2v) is 10.4. The molecule has 0 bridgehead atoms. The van der Waals surface area contributed by atoms with E-state index in [-0.39, 0.29) is 0 Å². The van der Waals surface area contributed by atoms with Crippen molar-refractivity contribution in [3.8, 4) is 5.75 Å². The number of hydrogen-bond acceptors (Lipinski definition) is 1. The van der Waals surface area contributed by atoms with E-state index in [2.05, 4.69) is 68.5 Å². The Kier molecular flexibility index (Phi) is 11.8. The molecule has 1 heteroatoms. The maximum atomic E-state index is 5.65. The first-order valence-corrected chi connectivity index (χ1v) is 14.1. The number of allylic oxidation sites excluding steroid dienone is 2. The molecule has 0 amide bonds. The second kappa shape index (κ2) is 15.1. The monoisotopic (exact) mass is 460 g/mol. The topological polar surface area (TPSA) is 9.23 Å². The van der Waals surface area contributed by atoms with Crippen LogP contribution in [0.4, 0.5) is 0 Å². The Bertz CT molecular complexity index is 839. The molecule has 1 fully saturated rings. The molecule has 0 aromatic heterocycles. The first kappa shape index (κ1) is 26.6. The molecule has 0 aliphatic heterocycles. The molecule has 186 valence electrons. The largest absolute Gasteiger partial charge is 0.496 e. The number of hydrogen-bond donors (Lipinski definition) is 0. The highest BCUT2D eigenvalue weighted by molar-refractivity contribution is 5.39. The van der Waals surface area contributed by atoms with Gasteiger partial charge in [0.2, 0.25) is 0 Å². The highest BCUT2D eigenvalue weighted by Crippen LogP contribution is 2.39. The Morgan fingerprint density at radius 3 is 2.24 bits per heavy atom. The zero-order chi connectivity index (χ0) is 24.0. The van der Waals surface area contributed by atoms with Crippen molar-refractivity contribution in [1.29, 1.82) is 0 Å². The van der Waals surface area contributed by atoms with Crippen molar-refractivity contribution in [2.24, 2.45) is 5.92 Å². The predicted molar refractivity (Wildman–Crippen MR) is 148 cm³/mol. The van der Waals surface area contributed by atoms with Gasteiger partial charge in [-0.3, -0.25) is 0 Å². The summed E-state index contributed by atoms with van der Waals surface area (Å²) < 4.78 is 5.65. The van der Waals surface area contributed by atoms with E-state index in [0.29, 0.717) is 0 Å². The van der Waals surface area contributed by atoms with E-state index < -0.39 is 0 Å². The minimum absolute atomic E-state index is 0.748. The van der Waals surface area contributed by atoms with E-state index in [0.717, 1.165) is 36.8 Å². The maximum Gasteiger partial charge on any atom is 0.122 e. The number of benzene rings is 2. The number of methoxy groups -OCH3 is 1. The lowest BCUT2D eigenvalue weighted by Crippen LogP contribution is -2.13. The molecule has 0 radical (unpaired) electrons. The molecule has 1 aliphatic carbocycles. The van der Waals surface area contributed by atoms with Gasteiger partial charge in [-0.1, -0.05) is 88.1 Å². The summed E-state index contributed by atoms with van der Waals surface area (Å²) in [5, 5.41) is 0. The SMILES string of the molecule is CC/C=C/Cc1ccc(CCCCC2CCC(c3ccc(OC)c(CCCCC)c3)CC2)cc1. The minimum Gasteiger partial charge on any atom is -0.496 e. The summed E-state index contributed by atoms with van der Waals surface area (Å²) in [5.41, 5.74) is 5.90. The first-order chi connectivity index (χ1) is 16.7. The lowest BCUT2D eigenvalue weighted by molar-refractivity contribution is 0.303. The van der Waals surface area contributed by atoms with Crippen LogP contribution in [0.3, 0.4) is 0 Å². The molecule has 0 saturated heterocycles. The molecule has 3 rings (SSSR count). The Labute approximate surface area is 210 Å². The van der Waals surface area contributed by atoms with Crippen LogP contribution >= 0.6 is 0 Å².